The average Bonchev–Trinajstić information content (AvgIpc) is 3.08. The number of phenols is 1. The molecule has 26 heavy (non-hydrogen) atoms. The van der Waals surface area contributed by atoms with Crippen LogP contribution in [0, 0.1) is 13.8 Å². The van der Waals surface area contributed by atoms with E-state index in [-0.39, 0.29) is 22.1 Å². The van der Waals surface area contributed by atoms with Crippen molar-refractivity contribution in [3.63, 3.8) is 0 Å². The third kappa shape index (κ3) is 2.53. The molecule has 7 heteroatoms. The molecule has 1 N–H and O–H groups in total. The van der Waals surface area contributed by atoms with E-state index in [1.807, 2.05) is 26.0 Å². The number of fused-ring (bicyclic) bond motifs is 3. The Labute approximate surface area is 157 Å². The van der Waals surface area contributed by atoms with Gasteiger partial charge in [-0.25, -0.2) is 9.38 Å². The SMILES string of the molecule is COc1cc(C=c2sc3nc4cc(C)c(C)cc4n3c2=O)cc(Cl)c1O. The van der Waals surface area contributed by atoms with Crippen LogP contribution in [0.2, 0.25) is 5.02 Å². The second kappa shape index (κ2) is 6.00. The number of nitrogens with zero attached hydrogens (tertiary/aromatic N) is 2. The molecule has 0 saturated carbocycles. The second-order valence-corrected chi connectivity index (χ2v) is 7.54. The lowest BCUT2D eigenvalue weighted by Crippen LogP contribution is -2.22. The summed E-state index contributed by atoms with van der Waals surface area (Å²) in [4.78, 5) is 18.1. The van der Waals surface area contributed by atoms with Crippen molar-refractivity contribution >= 4 is 45.0 Å². The molecule has 0 spiro atoms. The highest BCUT2D eigenvalue weighted by Crippen LogP contribution is 2.35. The number of hydrogen-bond donors (Lipinski definition) is 1. The molecule has 0 aliphatic rings. The molecule has 5 nitrogen and oxygen atoms in total. The first kappa shape index (κ1) is 16.9. The van der Waals surface area contributed by atoms with Crippen LogP contribution in [-0.4, -0.2) is 21.6 Å². The molecule has 2 aromatic carbocycles. The molecule has 0 unspecified atom stereocenters. The van der Waals surface area contributed by atoms with Crippen LogP contribution >= 0.6 is 22.9 Å². The first-order valence-corrected chi connectivity index (χ1v) is 9.09. The molecule has 132 valence electrons. The van der Waals surface area contributed by atoms with Gasteiger partial charge in [0.15, 0.2) is 16.5 Å². The second-order valence-electron chi connectivity index (χ2n) is 6.12. The maximum atomic E-state index is 12.9. The summed E-state index contributed by atoms with van der Waals surface area (Å²) in [5.74, 6) is 0.139. The van der Waals surface area contributed by atoms with Gasteiger partial charge in [-0.15, -0.1) is 0 Å². The molecule has 0 aliphatic carbocycles. The highest BCUT2D eigenvalue weighted by atomic mass is 35.5. The van der Waals surface area contributed by atoms with Crippen LogP contribution in [-0.2, 0) is 0 Å². The standard InChI is InChI=1S/C19H15ClN2O3S/c1-9-4-13-14(5-10(9)2)22-18(24)16(26-19(22)21-13)8-11-6-12(20)17(23)15(7-11)25-3/h4-8,23H,1-3H3. The van der Waals surface area contributed by atoms with Crippen molar-refractivity contribution in [3.05, 3.63) is 60.9 Å². The fourth-order valence-electron chi connectivity index (χ4n) is 2.90. The van der Waals surface area contributed by atoms with Gasteiger partial charge in [-0.05, 0) is 60.9 Å². The number of ether oxygens (including phenoxy) is 1. The molecular weight excluding hydrogens is 372 g/mol. The number of aromatic hydroxyl groups is 1. The van der Waals surface area contributed by atoms with E-state index in [9.17, 15) is 9.90 Å². The monoisotopic (exact) mass is 386 g/mol. The van der Waals surface area contributed by atoms with Gasteiger partial charge in [-0.3, -0.25) is 4.79 Å². The van der Waals surface area contributed by atoms with Crippen LogP contribution in [0.3, 0.4) is 0 Å². The number of aryl methyl sites for hydroxylation is 2. The zero-order chi connectivity index (χ0) is 18.6. The molecule has 0 fully saturated rings. The van der Waals surface area contributed by atoms with E-state index in [1.165, 1.54) is 18.4 Å². The topological polar surface area (TPSA) is 63.8 Å². The van der Waals surface area contributed by atoms with E-state index in [1.54, 1.807) is 22.6 Å². The predicted octanol–water partition coefficient (Wildman–Crippen LogP) is 3.44. The van der Waals surface area contributed by atoms with Crippen LogP contribution in [0.1, 0.15) is 16.7 Å². The Bertz CT molecular complexity index is 1290. The fourth-order valence-corrected chi connectivity index (χ4v) is 4.11. The van der Waals surface area contributed by atoms with Crippen LogP contribution in [0.25, 0.3) is 22.1 Å². The Morgan fingerprint density at radius 1 is 1.23 bits per heavy atom. The number of hydrogen-bond acceptors (Lipinski definition) is 5. The molecule has 4 rings (SSSR count). The third-order valence-corrected chi connectivity index (χ3v) is 5.68. The molecule has 0 saturated heterocycles. The molecule has 0 aliphatic heterocycles. The van der Waals surface area contributed by atoms with Gasteiger partial charge >= 0.3 is 0 Å². The lowest BCUT2D eigenvalue weighted by atomic mass is 10.1. The van der Waals surface area contributed by atoms with Gasteiger partial charge in [0.25, 0.3) is 5.56 Å². The summed E-state index contributed by atoms with van der Waals surface area (Å²) in [6.07, 6.45) is 1.72. The van der Waals surface area contributed by atoms with Crippen molar-refractivity contribution in [2.45, 2.75) is 13.8 Å². The van der Waals surface area contributed by atoms with Crippen LogP contribution < -0.4 is 14.8 Å². The number of benzene rings is 2. The van der Waals surface area contributed by atoms with Crippen LogP contribution in [0.4, 0.5) is 0 Å². The van der Waals surface area contributed by atoms with E-state index in [0.29, 0.717) is 15.1 Å². The van der Waals surface area contributed by atoms with E-state index >= 15 is 0 Å². The number of aromatic nitrogens is 2. The molecule has 2 aromatic heterocycles. The molecule has 4 aromatic rings. The normalized spacial score (nSPS) is 12.4. The number of methoxy groups -OCH3 is 1. The minimum Gasteiger partial charge on any atom is -0.503 e. The predicted molar refractivity (Wildman–Crippen MR) is 105 cm³/mol. The lowest BCUT2D eigenvalue weighted by molar-refractivity contribution is 0.373. The zero-order valence-electron chi connectivity index (χ0n) is 14.3. The summed E-state index contributed by atoms with van der Waals surface area (Å²) in [5, 5.41) is 10.0. The Kier molecular flexibility index (Phi) is 3.89. The molecular formula is C19H15ClN2O3S. The third-order valence-electron chi connectivity index (χ3n) is 4.42. The van der Waals surface area contributed by atoms with Gasteiger partial charge in [-0.1, -0.05) is 22.9 Å². The maximum absolute atomic E-state index is 12.9. The van der Waals surface area contributed by atoms with E-state index in [0.717, 1.165) is 22.2 Å². The van der Waals surface area contributed by atoms with Crippen LogP contribution in [0.15, 0.2) is 29.1 Å². The van der Waals surface area contributed by atoms with Crippen molar-refractivity contribution in [1.82, 2.24) is 9.38 Å². The Morgan fingerprint density at radius 3 is 2.69 bits per heavy atom. The summed E-state index contributed by atoms with van der Waals surface area (Å²) < 4.78 is 7.29. The minimum absolute atomic E-state index is 0.119. The van der Waals surface area contributed by atoms with Gasteiger partial charge in [0.2, 0.25) is 0 Å². The summed E-state index contributed by atoms with van der Waals surface area (Å²) in [6.45, 7) is 4.05. The van der Waals surface area contributed by atoms with Crippen molar-refractivity contribution < 1.29 is 9.84 Å². The van der Waals surface area contributed by atoms with E-state index < -0.39 is 0 Å². The summed E-state index contributed by atoms with van der Waals surface area (Å²) >= 11 is 7.35. The molecule has 0 bridgehead atoms. The molecule has 2 heterocycles. The summed E-state index contributed by atoms with van der Waals surface area (Å²) in [7, 11) is 1.45. The summed E-state index contributed by atoms with van der Waals surface area (Å²) in [6, 6.07) is 7.21. The smallest absolute Gasteiger partial charge is 0.274 e. The van der Waals surface area contributed by atoms with E-state index in [4.69, 9.17) is 16.3 Å². The Balaban J connectivity index is 1.97. The highest BCUT2D eigenvalue weighted by molar-refractivity contribution is 7.15. The van der Waals surface area contributed by atoms with Crippen molar-refractivity contribution in [1.29, 1.82) is 0 Å². The maximum Gasteiger partial charge on any atom is 0.274 e. The molecule has 0 radical (unpaired) electrons. The van der Waals surface area contributed by atoms with Gasteiger partial charge in [-0.2, -0.15) is 0 Å². The first-order chi connectivity index (χ1) is 12.4. The number of imidazole rings is 1. The van der Waals surface area contributed by atoms with Gasteiger partial charge in [0.05, 0.1) is 27.7 Å². The lowest BCUT2D eigenvalue weighted by Gasteiger charge is -2.05. The number of phenolic OH excluding ortho intramolecular Hbond substituents is 1. The minimum atomic E-state index is -0.126. The van der Waals surface area contributed by atoms with Crippen LogP contribution in [0.5, 0.6) is 11.5 Å². The molecule has 0 amide bonds. The van der Waals surface area contributed by atoms with Gasteiger partial charge in [0.1, 0.15) is 0 Å². The first-order valence-electron chi connectivity index (χ1n) is 7.89. The number of halogens is 1. The molecule has 0 atom stereocenters. The number of rotatable bonds is 2. The van der Waals surface area contributed by atoms with Crippen molar-refractivity contribution in [3.8, 4) is 11.5 Å². The largest absolute Gasteiger partial charge is 0.503 e. The van der Waals surface area contributed by atoms with E-state index in [2.05, 4.69) is 4.98 Å². The zero-order valence-corrected chi connectivity index (χ0v) is 15.9. The highest BCUT2D eigenvalue weighted by Gasteiger charge is 2.13. The number of thiazole rings is 1. The summed E-state index contributed by atoms with van der Waals surface area (Å²) in [5.41, 5.74) is 4.43. The van der Waals surface area contributed by atoms with Crippen molar-refractivity contribution in [2.75, 3.05) is 7.11 Å². The Morgan fingerprint density at radius 2 is 1.96 bits per heavy atom. The quantitative estimate of drug-likeness (QED) is 0.573. The van der Waals surface area contributed by atoms with Gasteiger partial charge < -0.3 is 9.84 Å². The average molecular weight is 387 g/mol. The van der Waals surface area contributed by atoms with Gasteiger partial charge in [0, 0.05) is 0 Å². The Hall–Kier alpha value is -2.57. The van der Waals surface area contributed by atoms with Crippen molar-refractivity contribution in [2.24, 2.45) is 0 Å². The fraction of sp³-hybridized carbons (Fsp3) is 0.158.